The summed E-state index contributed by atoms with van der Waals surface area (Å²) in [6.07, 6.45) is 21.6. The first-order chi connectivity index (χ1) is 40.9. The highest BCUT2D eigenvalue weighted by Gasteiger charge is 2.21. The molecule has 0 saturated heterocycles. The van der Waals surface area contributed by atoms with Crippen LogP contribution in [0.5, 0.6) is 0 Å². The number of aliphatic carboxylic acids is 2. The number of aldehydes is 1. The van der Waals surface area contributed by atoms with Crippen LogP contribution in [0.2, 0.25) is 0 Å². The molecule has 0 saturated carbocycles. The molecule has 27 nitrogen and oxygen atoms in total. The van der Waals surface area contributed by atoms with Crippen LogP contribution in [0.15, 0.2) is 0 Å². The Morgan fingerprint density at radius 2 is 0.583 bits per heavy atom. The average Bonchev–Trinajstić information content (AvgIpc) is 3.49. The summed E-state index contributed by atoms with van der Waals surface area (Å²) in [6, 6.07) is -1.15. The summed E-state index contributed by atoms with van der Waals surface area (Å²) in [5.74, 6) is -3.87. The van der Waals surface area contributed by atoms with E-state index < -0.39 is 18.0 Å². The van der Waals surface area contributed by atoms with Gasteiger partial charge >= 0.3 is 11.9 Å². The van der Waals surface area contributed by atoms with Crippen LogP contribution in [0.25, 0.3) is 0 Å². The molecule has 0 aromatic rings. The first kappa shape index (κ1) is 79.0. The van der Waals surface area contributed by atoms with Gasteiger partial charge in [0.1, 0.15) is 45.4 Å². The number of carbonyl (C=O) groups is 9. The third-order valence-electron chi connectivity index (χ3n) is 12.2. The Labute approximate surface area is 497 Å². The highest BCUT2D eigenvalue weighted by atomic mass is 16.5. The van der Waals surface area contributed by atoms with Crippen molar-refractivity contribution in [3.63, 3.8) is 0 Å². The van der Waals surface area contributed by atoms with Gasteiger partial charge in [-0.2, -0.15) is 0 Å². The summed E-state index contributed by atoms with van der Waals surface area (Å²) in [7, 11) is 0. The van der Waals surface area contributed by atoms with Gasteiger partial charge in [0.25, 0.3) is 0 Å². The van der Waals surface area contributed by atoms with E-state index in [4.69, 9.17) is 52.5 Å². The third kappa shape index (κ3) is 61.6. The molecule has 0 fully saturated rings. The van der Waals surface area contributed by atoms with E-state index in [-0.39, 0.29) is 200 Å². The minimum Gasteiger partial charge on any atom is -0.481 e. The number of nitrogens with one attached hydrogen (secondary N) is 6. The molecule has 6 amide bonds. The third-order valence-corrected chi connectivity index (χ3v) is 12.2. The van der Waals surface area contributed by atoms with Gasteiger partial charge in [-0.3, -0.25) is 33.6 Å². The van der Waals surface area contributed by atoms with E-state index in [9.17, 15) is 48.3 Å². The monoisotopic (exact) mass is 1210 g/mol. The van der Waals surface area contributed by atoms with Crippen molar-refractivity contribution >= 4 is 53.7 Å². The second-order valence-electron chi connectivity index (χ2n) is 19.5. The lowest BCUT2D eigenvalue weighted by molar-refractivity contribution is -0.142. The quantitative estimate of drug-likeness (QED) is 0.0319. The zero-order valence-corrected chi connectivity index (χ0v) is 50.0. The number of ether oxygens (including phenoxy) is 10. The molecule has 27 heteroatoms. The predicted octanol–water partition coefficient (Wildman–Crippen LogP) is 2.17. The molecule has 0 heterocycles. The number of hydrogen-bond acceptors (Lipinski definition) is 19. The smallest absolute Gasteiger partial charge is 0.326 e. The van der Waals surface area contributed by atoms with E-state index in [1.807, 2.05) is 0 Å². The molecular formula is C57H104N6O21. The van der Waals surface area contributed by atoms with Crippen LogP contribution in [-0.4, -0.2) is 235 Å². The van der Waals surface area contributed by atoms with Crippen LogP contribution in [0.4, 0.5) is 0 Å². The molecule has 0 aromatic heterocycles. The Morgan fingerprint density at radius 1 is 0.310 bits per heavy atom. The maximum atomic E-state index is 12.4. The van der Waals surface area contributed by atoms with E-state index in [1.54, 1.807) is 0 Å². The van der Waals surface area contributed by atoms with Crippen molar-refractivity contribution in [3.8, 4) is 0 Å². The molecule has 8 N–H and O–H groups in total. The second kappa shape index (κ2) is 62.6. The fourth-order valence-electron chi connectivity index (χ4n) is 7.69. The van der Waals surface area contributed by atoms with Crippen molar-refractivity contribution in [2.45, 2.75) is 147 Å². The predicted molar refractivity (Wildman–Crippen MR) is 308 cm³/mol. The fraction of sp³-hybridized carbons (Fsp3) is 0.842. The van der Waals surface area contributed by atoms with Gasteiger partial charge < -0.3 is 94.3 Å². The first-order valence-electron chi connectivity index (χ1n) is 30.2. The summed E-state index contributed by atoms with van der Waals surface area (Å²) in [6.45, 7) is 4.05. The topological polar surface area (TPSA) is 359 Å². The number of carboxylic acid groups (broad SMARTS) is 2. The number of rotatable bonds is 66. The number of amides is 6. The number of carbonyl (C=O) groups excluding carboxylic acids is 7. The summed E-state index contributed by atoms with van der Waals surface area (Å²) < 4.78 is 52.8. The van der Waals surface area contributed by atoms with Gasteiger partial charge in [-0.1, -0.05) is 103 Å². The highest BCUT2D eigenvalue weighted by molar-refractivity contribution is 5.84. The van der Waals surface area contributed by atoms with Gasteiger partial charge in [-0.15, -0.1) is 0 Å². The molecule has 0 aromatic carbocycles. The van der Waals surface area contributed by atoms with Crippen LogP contribution in [0, 0.1) is 0 Å². The van der Waals surface area contributed by atoms with Gasteiger partial charge in [-0.05, 0) is 19.3 Å². The average molecular weight is 1210 g/mol. The lowest BCUT2D eigenvalue weighted by atomic mass is 10.0. The Morgan fingerprint density at radius 3 is 0.881 bits per heavy atom. The number of carboxylic acids is 2. The van der Waals surface area contributed by atoms with E-state index in [2.05, 4.69) is 31.9 Å². The largest absolute Gasteiger partial charge is 0.481 e. The van der Waals surface area contributed by atoms with Crippen LogP contribution in [-0.2, 0) is 90.5 Å². The summed E-state index contributed by atoms with van der Waals surface area (Å²) in [5.41, 5.74) is 0. The van der Waals surface area contributed by atoms with Crippen LogP contribution < -0.4 is 31.9 Å². The van der Waals surface area contributed by atoms with E-state index in [1.165, 1.54) is 70.6 Å². The maximum absolute atomic E-state index is 12.4. The maximum Gasteiger partial charge on any atom is 0.326 e. The van der Waals surface area contributed by atoms with Crippen molar-refractivity contribution in [2.24, 2.45) is 0 Å². The molecule has 0 radical (unpaired) electrons. The van der Waals surface area contributed by atoms with E-state index in [0.717, 1.165) is 38.5 Å². The van der Waals surface area contributed by atoms with Crippen molar-refractivity contribution in [3.05, 3.63) is 0 Å². The Bertz CT molecular complexity index is 1670. The number of unbranched alkanes of at least 4 members (excludes halogenated alkanes) is 17. The van der Waals surface area contributed by atoms with Gasteiger partial charge in [0, 0.05) is 52.0 Å². The van der Waals surface area contributed by atoms with E-state index in [0.29, 0.717) is 39.1 Å². The molecule has 0 aliphatic carbocycles. The van der Waals surface area contributed by atoms with Crippen LogP contribution in [0.1, 0.15) is 141 Å². The van der Waals surface area contributed by atoms with Crippen molar-refractivity contribution in [1.82, 2.24) is 31.9 Å². The van der Waals surface area contributed by atoms with Gasteiger partial charge in [-0.25, -0.2) is 4.79 Å². The molecule has 0 aliphatic rings. The Balaban J connectivity index is 3.56. The number of hydrogen-bond donors (Lipinski definition) is 8. The van der Waals surface area contributed by atoms with Gasteiger partial charge in [0.15, 0.2) is 0 Å². The molecule has 0 unspecified atom stereocenters. The molecule has 488 valence electrons. The minimum atomic E-state index is -1.19. The molecule has 84 heavy (non-hydrogen) atoms. The molecule has 0 bridgehead atoms. The standard InChI is InChI=1S/C57H104N6O21/c64-28-34-80-36-35-75-30-24-59-52(67)45-82-42-38-77-32-26-61-54(69)47-84-44-40-79-33-27-62-55(70)48-83-43-39-78-31-25-60-53(68)46-81-41-37-76-29-23-58-50(65)22-21-49(57(73)74)63-51(66)19-17-15-13-11-9-7-5-3-1-2-4-6-8-10-12-14-16-18-20-56(71)72/h28,49H,1-27,29-48H2,(H,58,65)(H,59,67)(H,60,68)(H,61,69)(H,62,70)(H,63,66)(H,71,72)(H,73,74)/t49-/m0/s1. The molecule has 1 atom stereocenters. The summed E-state index contributed by atoms with van der Waals surface area (Å²) in [5, 5.41) is 34.1. The Kier molecular flexibility index (Phi) is 58.9. The lowest BCUT2D eigenvalue weighted by Crippen LogP contribution is -2.41. The first-order valence-corrected chi connectivity index (χ1v) is 30.2. The molecule has 0 aliphatic heterocycles. The SMILES string of the molecule is O=CCOCCOCCNC(=O)COCCOCCNC(=O)COCCOCCNC(=O)COCCOCCNC(=O)COCCOCCNC(=O)CC[C@H](NC(=O)CCCCCCCCCCCCCCCCCCCCC(=O)O)C(=O)O. The second-order valence-corrected chi connectivity index (χ2v) is 19.5. The zero-order chi connectivity index (χ0) is 61.5. The van der Waals surface area contributed by atoms with Crippen molar-refractivity contribution in [2.75, 3.05) is 165 Å². The zero-order valence-electron chi connectivity index (χ0n) is 50.0. The molecular weight excluding hydrogens is 1100 g/mol. The van der Waals surface area contributed by atoms with E-state index >= 15 is 0 Å². The van der Waals surface area contributed by atoms with Crippen molar-refractivity contribution < 1.29 is 101 Å². The fourth-order valence-corrected chi connectivity index (χ4v) is 7.69. The highest BCUT2D eigenvalue weighted by Crippen LogP contribution is 2.15. The molecule has 0 spiro atoms. The summed E-state index contributed by atoms with van der Waals surface area (Å²) >= 11 is 0. The van der Waals surface area contributed by atoms with Gasteiger partial charge in [0.2, 0.25) is 35.4 Å². The lowest BCUT2D eigenvalue weighted by Gasteiger charge is -2.14. The molecule has 0 rings (SSSR count). The summed E-state index contributed by atoms with van der Waals surface area (Å²) in [4.78, 5) is 105. The Hall–Kier alpha value is -4.97. The van der Waals surface area contributed by atoms with Crippen LogP contribution in [0.3, 0.4) is 0 Å². The minimum absolute atomic E-state index is 0.0241. The van der Waals surface area contributed by atoms with Gasteiger partial charge in [0.05, 0.1) is 99.1 Å². The van der Waals surface area contributed by atoms with Crippen LogP contribution >= 0.6 is 0 Å². The van der Waals surface area contributed by atoms with Crippen molar-refractivity contribution in [1.29, 1.82) is 0 Å². The normalized spacial score (nSPS) is 11.4.